The number of anilines is 1. The molecule has 2 amide bonds. The minimum absolute atomic E-state index is 0.236. The summed E-state index contributed by atoms with van der Waals surface area (Å²) in [6, 6.07) is 13.0. The van der Waals surface area contributed by atoms with Gasteiger partial charge in [0.1, 0.15) is 0 Å². The Morgan fingerprint density at radius 3 is 2.38 bits per heavy atom. The molecule has 0 unspecified atom stereocenters. The second kappa shape index (κ2) is 8.39. The number of amides is 2. The van der Waals surface area contributed by atoms with Crippen LogP contribution in [0.2, 0.25) is 0 Å². The molecule has 0 bridgehead atoms. The molecule has 0 aliphatic carbocycles. The van der Waals surface area contributed by atoms with Crippen LogP contribution in [-0.2, 0) is 12.7 Å². The molecule has 2 aromatic rings. The maximum Gasteiger partial charge on any atom is 0.418 e. The lowest BCUT2D eigenvalue weighted by molar-refractivity contribution is -0.136. The largest absolute Gasteiger partial charge is 0.418 e. The van der Waals surface area contributed by atoms with Crippen LogP contribution in [0.4, 0.5) is 23.7 Å². The molecule has 7 heteroatoms. The van der Waals surface area contributed by atoms with Crippen molar-refractivity contribution in [1.82, 2.24) is 4.90 Å². The van der Waals surface area contributed by atoms with E-state index >= 15 is 0 Å². The fourth-order valence-corrected chi connectivity index (χ4v) is 2.46. The molecule has 2 rings (SSSR count). The Labute approximate surface area is 149 Å². The number of nitrogens with zero attached hydrogens (tertiary/aromatic N) is 2. The molecule has 4 nitrogen and oxygen atoms in total. The summed E-state index contributed by atoms with van der Waals surface area (Å²) >= 11 is 0. The minimum Gasteiger partial charge on any atom is -0.320 e. The molecule has 1 N–H and O–H groups in total. The van der Waals surface area contributed by atoms with Crippen molar-refractivity contribution in [2.45, 2.75) is 26.1 Å². The van der Waals surface area contributed by atoms with Crippen LogP contribution in [-0.4, -0.2) is 17.5 Å². The van der Waals surface area contributed by atoms with Crippen LogP contribution in [0.25, 0.3) is 0 Å². The van der Waals surface area contributed by atoms with Gasteiger partial charge >= 0.3 is 12.2 Å². The maximum atomic E-state index is 13.1. The first-order valence-corrected chi connectivity index (χ1v) is 8.06. The third kappa shape index (κ3) is 4.99. The van der Waals surface area contributed by atoms with Crippen molar-refractivity contribution >= 4 is 11.7 Å². The van der Waals surface area contributed by atoms with Gasteiger partial charge in [-0.2, -0.15) is 18.4 Å². The van der Waals surface area contributed by atoms with Gasteiger partial charge in [0.25, 0.3) is 0 Å². The number of rotatable bonds is 5. The average molecular weight is 361 g/mol. The third-order valence-corrected chi connectivity index (χ3v) is 3.71. The molecule has 0 spiro atoms. The number of carbonyl (C=O) groups is 1. The Bertz CT molecular complexity index is 795. The van der Waals surface area contributed by atoms with Gasteiger partial charge < -0.3 is 10.2 Å². The number of benzene rings is 2. The molecular weight excluding hydrogens is 343 g/mol. The molecule has 0 aliphatic rings. The van der Waals surface area contributed by atoms with Crippen LogP contribution in [0.5, 0.6) is 0 Å². The first-order valence-electron chi connectivity index (χ1n) is 8.06. The van der Waals surface area contributed by atoms with E-state index in [-0.39, 0.29) is 12.2 Å². The first-order chi connectivity index (χ1) is 12.3. The average Bonchev–Trinajstić information content (AvgIpc) is 2.61. The summed E-state index contributed by atoms with van der Waals surface area (Å²) < 4.78 is 39.2. The number of hydrogen-bond acceptors (Lipinski definition) is 2. The predicted molar refractivity (Wildman–Crippen MR) is 92.3 cm³/mol. The van der Waals surface area contributed by atoms with Gasteiger partial charge in [0.15, 0.2) is 0 Å². The number of alkyl halides is 3. The second-order valence-electron chi connectivity index (χ2n) is 5.70. The first kappa shape index (κ1) is 19.3. The molecule has 136 valence electrons. The molecular formula is C19H18F3N3O. The lowest BCUT2D eigenvalue weighted by Crippen LogP contribution is -2.35. The van der Waals surface area contributed by atoms with Crippen molar-refractivity contribution in [1.29, 1.82) is 5.26 Å². The molecule has 0 saturated carbocycles. The van der Waals surface area contributed by atoms with Crippen LogP contribution in [0.15, 0.2) is 48.5 Å². The van der Waals surface area contributed by atoms with E-state index in [1.165, 1.54) is 23.1 Å². The Balaban J connectivity index is 2.17. The second-order valence-corrected chi connectivity index (χ2v) is 5.70. The number of hydrogen-bond donors (Lipinski definition) is 1. The smallest absolute Gasteiger partial charge is 0.320 e. The van der Waals surface area contributed by atoms with Crippen molar-refractivity contribution in [3.63, 3.8) is 0 Å². The van der Waals surface area contributed by atoms with Crippen LogP contribution < -0.4 is 5.32 Å². The Hall–Kier alpha value is -3.01. The SMILES string of the molecule is CCCN(Cc1ccc(C#N)cc1)C(=O)Nc1ccccc1C(F)(F)F. The van der Waals surface area contributed by atoms with E-state index in [1.807, 2.05) is 13.0 Å². The highest BCUT2D eigenvalue weighted by molar-refractivity contribution is 5.90. The quantitative estimate of drug-likeness (QED) is 0.813. The standard InChI is InChI=1S/C19H18F3N3O/c1-2-11-25(13-15-9-7-14(12-23)8-10-15)18(26)24-17-6-4-3-5-16(17)19(20,21)22/h3-10H,2,11,13H2,1H3,(H,24,26). The van der Waals surface area contributed by atoms with Gasteiger partial charge in [-0.05, 0) is 36.2 Å². The number of nitriles is 1. The van der Waals surface area contributed by atoms with E-state index in [0.717, 1.165) is 11.6 Å². The maximum absolute atomic E-state index is 13.1. The Kier molecular flexibility index (Phi) is 6.23. The van der Waals surface area contributed by atoms with E-state index in [4.69, 9.17) is 5.26 Å². The van der Waals surface area contributed by atoms with Crippen molar-refractivity contribution in [3.8, 4) is 6.07 Å². The molecule has 0 atom stereocenters. The molecule has 2 aromatic carbocycles. The number of carbonyl (C=O) groups excluding carboxylic acids is 1. The summed E-state index contributed by atoms with van der Waals surface area (Å²) in [7, 11) is 0. The van der Waals surface area contributed by atoms with Gasteiger partial charge in [-0.1, -0.05) is 31.2 Å². The van der Waals surface area contributed by atoms with E-state index < -0.39 is 17.8 Å². The zero-order valence-corrected chi connectivity index (χ0v) is 14.2. The molecule has 26 heavy (non-hydrogen) atoms. The molecule has 0 saturated heterocycles. The van der Waals surface area contributed by atoms with Crippen molar-refractivity contribution in [3.05, 3.63) is 65.2 Å². The van der Waals surface area contributed by atoms with Gasteiger partial charge in [0.05, 0.1) is 22.9 Å². The zero-order chi connectivity index (χ0) is 19.2. The lowest BCUT2D eigenvalue weighted by Gasteiger charge is -2.24. The Morgan fingerprint density at radius 2 is 1.81 bits per heavy atom. The lowest BCUT2D eigenvalue weighted by atomic mass is 10.1. The highest BCUT2D eigenvalue weighted by Crippen LogP contribution is 2.34. The van der Waals surface area contributed by atoms with E-state index in [0.29, 0.717) is 18.5 Å². The monoisotopic (exact) mass is 361 g/mol. The van der Waals surface area contributed by atoms with Gasteiger partial charge in [-0.25, -0.2) is 4.79 Å². The summed E-state index contributed by atoms with van der Waals surface area (Å²) in [4.78, 5) is 13.9. The van der Waals surface area contributed by atoms with Crippen molar-refractivity contribution in [2.75, 3.05) is 11.9 Å². The van der Waals surface area contributed by atoms with Gasteiger partial charge in [-0.3, -0.25) is 0 Å². The fourth-order valence-electron chi connectivity index (χ4n) is 2.46. The van der Waals surface area contributed by atoms with Crippen LogP contribution in [0, 0.1) is 11.3 Å². The fraction of sp³-hybridized carbons (Fsp3) is 0.263. The van der Waals surface area contributed by atoms with E-state index in [1.54, 1.807) is 24.3 Å². The molecule has 0 heterocycles. The topological polar surface area (TPSA) is 56.1 Å². The predicted octanol–water partition coefficient (Wildman–Crippen LogP) is 5.02. The summed E-state index contributed by atoms with van der Waals surface area (Å²) in [5.41, 5.74) is 0.130. The van der Waals surface area contributed by atoms with Crippen LogP contribution in [0.3, 0.4) is 0 Å². The number of para-hydroxylation sites is 1. The summed E-state index contributed by atoms with van der Waals surface area (Å²) in [5.74, 6) is 0. The summed E-state index contributed by atoms with van der Waals surface area (Å²) in [6.07, 6.45) is -3.89. The zero-order valence-electron chi connectivity index (χ0n) is 14.2. The van der Waals surface area contributed by atoms with E-state index in [2.05, 4.69) is 5.32 Å². The summed E-state index contributed by atoms with van der Waals surface area (Å²) in [6.45, 7) is 2.50. The Morgan fingerprint density at radius 1 is 1.15 bits per heavy atom. The highest BCUT2D eigenvalue weighted by Gasteiger charge is 2.33. The molecule has 0 aliphatic heterocycles. The molecule has 0 radical (unpaired) electrons. The third-order valence-electron chi connectivity index (χ3n) is 3.71. The number of nitrogens with one attached hydrogen (secondary N) is 1. The minimum atomic E-state index is -4.55. The van der Waals surface area contributed by atoms with Crippen molar-refractivity contribution in [2.24, 2.45) is 0 Å². The van der Waals surface area contributed by atoms with Crippen LogP contribution in [0.1, 0.15) is 30.0 Å². The molecule has 0 fully saturated rings. The van der Waals surface area contributed by atoms with Gasteiger partial charge in [0, 0.05) is 13.1 Å². The highest BCUT2D eigenvalue weighted by atomic mass is 19.4. The van der Waals surface area contributed by atoms with Crippen LogP contribution >= 0.6 is 0 Å². The van der Waals surface area contributed by atoms with Gasteiger partial charge in [0.2, 0.25) is 0 Å². The molecule has 0 aromatic heterocycles. The van der Waals surface area contributed by atoms with E-state index in [9.17, 15) is 18.0 Å². The number of halogens is 3. The van der Waals surface area contributed by atoms with Crippen molar-refractivity contribution < 1.29 is 18.0 Å². The normalized spacial score (nSPS) is 10.9. The number of urea groups is 1. The van der Waals surface area contributed by atoms with Gasteiger partial charge in [-0.15, -0.1) is 0 Å². The summed E-state index contributed by atoms with van der Waals surface area (Å²) in [5, 5.41) is 11.2.